The fraction of sp³-hybridized carbons (Fsp3) is 0.462. The summed E-state index contributed by atoms with van der Waals surface area (Å²) in [6.07, 6.45) is 6.02. The normalized spacial score (nSPS) is 12.6. The summed E-state index contributed by atoms with van der Waals surface area (Å²) in [6.45, 7) is 4.72. The van der Waals surface area contributed by atoms with Crippen LogP contribution >= 0.6 is 11.6 Å². The zero-order chi connectivity index (χ0) is 13.8. The first-order valence-electron chi connectivity index (χ1n) is 6.24. The van der Waals surface area contributed by atoms with Crippen molar-refractivity contribution in [2.75, 3.05) is 0 Å². The van der Waals surface area contributed by atoms with Gasteiger partial charge in [-0.2, -0.15) is 5.10 Å². The van der Waals surface area contributed by atoms with E-state index in [1.165, 1.54) is 0 Å². The molecule has 0 spiro atoms. The van der Waals surface area contributed by atoms with Crippen LogP contribution in [0.15, 0.2) is 18.6 Å². The lowest BCUT2D eigenvalue weighted by Crippen LogP contribution is -2.28. The van der Waals surface area contributed by atoms with E-state index in [0.29, 0.717) is 12.6 Å². The van der Waals surface area contributed by atoms with Gasteiger partial charge in [0.05, 0.1) is 22.1 Å². The number of nitrogens with zero attached hydrogens (tertiary/aromatic N) is 4. The number of aryl methyl sites for hydroxylation is 2. The maximum Gasteiger partial charge on any atom is 0.0860 e. The molecule has 2 heterocycles. The predicted molar refractivity (Wildman–Crippen MR) is 75.0 cm³/mol. The minimum atomic E-state index is 0.294. The van der Waals surface area contributed by atoms with Crippen LogP contribution in [0.4, 0.5) is 0 Å². The van der Waals surface area contributed by atoms with Crippen molar-refractivity contribution in [1.29, 1.82) is 0 Å². The van der Waals surface area contributed by atoms with Crippen molar-refractivity contribution in [3.05, 3.63) is 40.7 Å². The molecule has 6 heteroatoms. The van der Waals surface area contributed by atoms with Gasteiger partial charge in [0.1, 0.15) is 0 Å². The Morgan fingerprint density at radius 3 is 2.79 bits per heavy atom. The molecule has 0 aliphatic rings. The van der Waals surface area contributed by atoms with Crippen LogP contribution in [-0.4, -0.2) is 25.8 Å². The Morgan fingerprint density at radius 1 is 1.42 bits per heavy atom. The zero-order valence-corrected chi connectivity index (χ0v) is 12.1. The summed E-state index contributed by atoms with van der Waals surface area (Å²) in [6, 6.07) is 0.294. The maximum atomic E-state index is 6.21. The molecule has 1 unspecified atom stereocenters. The minimum Gasteiger partial charge on any atom is -0.308 e. The minimum absolute atomic E-state index is 0.294. The highest BCUT2D eigenvalue weighted by molar-refractivity contribution is 6.31. The summed E-state index contributed by atoms with van der Waals surface area (Å²) < 4.78 is 1.82. The van der Waals surface area contributed by atoms with Crippen molar-refractivity contribution >= 4 is 11.6 Å². The van der Waals surface area contributed by atoms with Crippen molar-refractivity contribution in [2.45, 2.75) is 32.9 Å². The lowest BCUT2D eigenvalue weighted by atomic mass is 10.2. The van der Waals surface area contributed by atoms with Crippen molar-refractivity contribution in [3.63, 3.8) is 0 Å². The number of aromatic nitrogens is 4. The molecule has 2 aromatic heterocycles. The van der Waals surface area contributed by atoms with Crippen LogP contribution in [0, 0.1) is 6.92 Å². The Labute approximate surface area is 118 Å². The van der Waals surface area contributed by atoms with Crippen molar-refractivity contribution in [1.82, 2.24) is 25.1 Å². The summed E-state index contributed by atoms with van der Waals surface area (Å²) in [5.74, 6) is 0. The monoisotopic (exact) mass is 279 g/mol. The topological polar surface area (TPSA) is 55.6 Å². The van der Waals surface area contributed by atoms with Crippen molar-refractivity contribution in [2.24, 2.45) is 7.05 Å². The summed E-state index contributed by atoms with van der Waals surface area (Å²) >= 11 is 6.21. The van der Waals surface area contributed by atoms with E-state index < -0.39 is 0 Å². The van der Waals surface area contributed by atoms with Gasteiger partial charge >= 0.3 is 0 Å². The first-order chi connectivity index (χ1) is 9.08. The van der Waals surface area contributed by atoms with Crippen LogP contribution in [0.1, 0.15) is 24.0 Å². The third-order valence-corrected chi connectivity index (χ3v) is 3.50. The second kappa shape index (κ2) is 6.12. The second-order valence-corrected chi connectivity index (χ2v) is 5.03. The largest absolute Gasteiger partial charge is 0.308 e. The first-order valence-corrected chi connectivity index (χ1v) is 6.62. The highest BCUT2D eigenvalue weighted by Gasteiger charge is 2.12. The van der Waals surface area contributed by atoms with Gasteiger partial charge in [-0.05, 0) is 13.8 Å². The standard InChI is InChI=1S/C13H18ClN5/c1-9(6-11-7-15-4-5-16-11)17-8-12-13(14)10(2)18-19(12)3/h4-5,7,9,17H,6,8H2,1-3H3. The van der Waals surface area contributed by atoms with Crippen LogP contribution in [0.25, 0.3) is 0 Å². The SMILES string of the molecule is Cc1nn(C)c(CNC(C)Cc2cnccn2)c1Cl. The molecule has 2 aromatic rings. The molecule has 5 nitrogen and oxygen atoms in total. The van der Waals surface area contributed by atoms with E-state index in [9.17, 15) is 0 Å². The molecule has 0 saturated carbocycles. The first kappa shape index (κ1) is 14.0. The second-order valence-electron chi connectivity index (χ2n) is 4.65. The van der Waals surface area contributed by atoms with Gasteiger partial charge in [-0.1, -0.05) is 11.6 Å². The maximum absolute atomic E-state index is 6.21. The average Bonchev–Trinajstić information content (AvgIpc) is 2.62. The van der Waals surface area contributed by atoms with E-state index in [2.05, 4.69) is 27.3 Å². The Hall–Kier alpha value is -1.46. The summed E-state index contributed by atoms with van der Waals surface area (Å²) in [5, 5.41) is 8.46. The number of halogens is 1. The summed E-state index contributed by atoms with van der Waals surface area (Å²) in [7, 11) is 1.91. The van der Waals surface area contributed by atoms with Crippen molar-refractivity contribution in [3.8, 4) is 0 Å². The fourth-order valence-corrected chi connectivity index (χ4v) is 2.19. The molecule has 0 aliphatic heterocycles. The number of hydrogen-bond acceptors (Lipinski definition) is 4. The lowest BCUT2D eigenvalue weighted by molar-refractivity contribution is 0.521. The number of rotatable bonds is 5. The Bertz CT molecular complexity index is 537. The van der Waals surface area contributed by atoms with Gasteiger partial charge in [-0.3, -0.25) is 14.6 Å². The van der Waals surface area contributed by atoms with E-state index in [0.717, 1.165) is 28.5 Å². The molecule has 1 N–H and O–H groups in total. The fourth-order valence-electron chi connectivity index (χ4n) is 1.96. The molecule has 0 radical (unpaired) electrons. The molecule has 0 saturated heterocycles. The lowest BCUT2D eigenvalue weighted by Gasteiger charge is -2.13. The molecule has 0 amide bonds. The Balaban J connectivity index is 1.92. The number of nitrogens with one attached hydrogen (secondary N) is 1. The smallest absolute Gasteiger partial charge is 0.0860 e. The third kappa shape index (κ3) is 3.52. The van der Waals surface area contributed by atoms with E-state index >= 15 is 0 Å². The Kier molecular flexibility index (Phi) is 4.50. The number of hydrogen-bond donors (Lipinski definition) is 1. The predicted octanol–water partition coefficient (Wildman–Crippen LogP) is 1.89. The van der Waals surface area contributed by atoms with Gasteiger partial charge in [0, 0.05) is 44.6 Å². The quantitative estimate of drug-likeness (QED) is 0.908. The molecule has 0 bridgehead atoms. The molecule has 0 aromatic carbocycles. The van der Waals surface area contributed by atoms with Crippen LogP contribution in [0.3, 0.4) is 0 Å². The van der Waals surface area contributed by atoms with Gasteiger partial charge < -0.3 is 5.32 Å². The zero-order valence-electron chi connectivity index (χ0n) is 11.4. The summed E-state index contributed by atoms with van der Waals surface area (Å²) in [4.78, 5) is 8.33. The highest BCUT2D eigenvalue weighted by atomic mass is 35.5. The molecular formula is C13H18ClN5. The van der Waals surface area contributed by atoms with E-state index in [1.54, 1.807) is 18.6 Å². The molecule has 19 heavy (non-hydrogen) atoms. The Morgan fingerprint density at radius 2 is 2.21 bits per heavy atom. The van der Waals surface area contributed by atoms with Crippen LogP contribution < -0.4 is 5.32 Å². The molecule has 0 aliphatic carbocycles. The molecule has 2 rings (SSSR count). The van der Waals surface area contributed by atoms with Crippen LogP contribution in [-0.2, 0) is 20.0 Å². The van der Waals surface area contributed by atoms with E-state index in [4.69, 9.17) is 11.6 Å². The van der Waals surface area contributed by atoms with E-state index in [-0.39, 0.29) is 0 Å². The molecule has 102 valence electrons. The van der Waals surface area contributed by atoms with Gasteiger partial charge in [0.15, 0.2) is 0 Å². The third-order valence-electron chi connectivity index (χ3n) is 3.01. The van der Waals surface area contributed by atoms with Gasteiger partial charge in [-0.25, -0.2) is 0 Å². The average molecular weight is 280 g/mol. The van der Waals surface area contributed by atoms with Crippen molar-refractivity contribution < 1.29 is 0 Å². The van der Waals surface area contributed by atoms with Gasteiger partial charge in [-0.15, -0.1) is 0 Å². The van der Waals surface area contributed by atoms with Crippen LogP contribution in [0.2, 0.25) is 5.02 Å². The van der Waals surface area contributed by atoms with Gasteiger partial charge in [0.25, 0.3) is 0 Å². The van der Waals surface area contributed by atoms with Gasteiger partial charge in [0.2, 0.25) is 0 Å². The highest BCUT2D eigenvalue weighted by Crippen LogP contribution is 2.19. The molecule has 0 fully saturated rings. The summed E-state index contributed by atoms with van der Waals surface area (Å²) in [5.41, 5.74) is 2.85. The molecule has 1 atom stereocenters. The van der Waals surface area contributed by atoms with Crippen LogP contribution in [0.5, 0.6) is 0 Å². The van der Waals surface area contributed by atoms with E-state index in [1.807, 2.05) is 18.7 Å². The molecular weight excluding hydrogens is 262 g/mol.